The van der Waals surface area contributed by atoms with E-state index < -0.39 is 0 Å². The molecular formula is C10H15N5S. The Morgan fingerprint density at radius 1 is 1.56 bits per heavy atom. The lowest BCUT2D eigenvalue weighted by Crippen LogP contribution is -2.23. The van der Waals surface area contributed by atoms with E-state index in [2.05, 4.69) is 27.4 Å². The van der Waals surface area contributed by atoms with Gasteiger partial charge in [0.05, 0.1) is 17.7 Å². The minimum absolute atomic E-state index is 0.571. The lowest BCUT2D eigenvalue weighted by atomic mass is 10.4. The van der Waals surface area contributed by atoms with Gasteiger partial charge in [-0.2, -0.15) is 5.10 Å². The predicted molar refractivity (Wildman–Crippen MR) is 65.1 cm³/mol. The summed E-state index contributed by atoms with van der Waals surface area (Å²) >= 11 is 1.63. The van der Waals surface area contributed by atoms with Crippen LogP contribution in [-0.2, 0) is 13.1 Å². The zero-order chi connectivity index (χ0) is 11.4. The fourth-order valence-electron chi connectivity index (χ4n) is 1.45. The second kappa shape index (κ2) is 5.09. The molecule has 2 aromatic heterocycles. The summed E-state index contributed by atoms with van der Waals surface area (Å²) in [6.07, 6.45) is 1.89. The van der Waals surface area contributed by atoms with Gasteiger partial charge in [-0.25, -0.2) is 4.98 Å². The second-order valence-corrected chi connectivity index (χ2v) is 4.44. The SMILES string of the molecule is CN(CCn1ccc(N)n1)Cc1cscn1. The third-order valence-electron chi connectivity index (χ3n) is 2.29. The van der Waals surface area contributed by atoms with Crippen molar-refractivity contribution in [2.75, 3.05) is 19.3 Å². The van der Waals surface area contributed by atoms with Gasteiger partial charge in [-0.15, -0.1) is 11.3 Å². The molecular weight excluding hydrogens is 222 g/mol. The van der Waals surface area contributed by atoms with E-state index in [0.29, 0.717) is 5.82 Å². The van der Waals surface area contributed by atoms with Gasteiger partial charge in [0.2, 0.25) is 0 Å². The molecule has 0 saturated carbocycles. The highest BCUT2D eigenvalue weighted by molar-refractivity contribution is 7.07. The topological polar surface area (TPSA) is 60.0 Å². The zero-order valence-electron chi connectivity index (χ0n) is 9.21. The van der Waals surface area contributed by atoms with E-state index in [9.17, 15) is 0 Å². The van der Waals surface area contributed by atoms with E-state index in [-0.39, 0.29) is 0 Å². The molecule has 0 bridgehead atoms. The van der Waals surface area contributed by atoms with E-state index in [1.54, 1.807) is 17.4 Å². The Morgan fingerprint density at radius 3 is 3.06 bits per heavy atom. The summed E-state index contributed by atoms with van der Waals surface area (Å²) in [6, 6.07) is 1.81. The molecule has 0 aliphatic heterocycles. The van der Waals surface area contributed by atoms with Crippen LogP contribution < -0.4 is 5.73 Å². The zero-order valence-corrected chi connectivity index (χ0v) is 10.0. The van der Waals surface area contributed by atoms with Crippen molar-refractivity contribution in [1.29, 1.82) is 0 Å². The Bertz CT molecular complexity index is 422. The molecule has 0 aliphatic carbocycles. The molecule has 0 unspecified atom stereocenters. The number of nitrogen functional groups attached to an aromatic ring is 1. The van der Waals surface area contributed by atoms with Crippen molar-refractivity contribution in [2.45, 2.75) is 13.1 Å². The smallest absolute Gasteiger partial charge is 0.145 e. The normalized spacial score (nSPS) is 11.1. The van der Waals surface area contributed by atoms with Gasteiger partial charge in [-0.05, 0) is 13.1 Å². The molecule has 0 spiro atoms. The first-order valence-corrected chi connectivity index (χ1v) is 6.03. The third-order valence-corrected chi connectivity index (χ3v) is 2.92. The molecule has 0 aromatic carbocycles. The van der Waals surface area contributed by atoms with E-state index in [4.69, 9.17) is 5.73 Å². The number of aromatic nitrogens is 3. The van der Waals surface area contributed by atoms with Crippen LogP contribution in [0.3, 0.4) is 0 Å². The Hall–Kier alpha value is -1.40. The van der Waals surface area contributed by atoms with Crippen molar-refractivity contribution >= 4 is 17.2 Å². The largest absolute Gasteiger partial charge is 0.382 e. The fraction of sp³-hybridized carbons (Fsp3) is 0.400. The van der Waals surface area contributed by atoms with Crippen molar-refractivity contribution in [3.63, 3.8) is 0 Å². The number of hydrogen-bond donors (Lipinski definition) is 1. The summed E-state index contributed by atoms with van der Waals surface area (Å²) in [5.74, 6) is 0.571. The summed E-state index contributed by atoms with van der Waals surface area (Å²) < 4.78 is 1.85. The molecule has 16 heavy (non-hydrogen) atoms. The average molecular weight is 237 g/mol. The second-order valence-electron chi connectivity index (χ2n) is 3.72. The summed E-state index contributed by atoms with van der Waals surface area (Å²) in [5.41, 5.74) is 8.52. The van der Waals surface area contributed by atoms with Gasteiger partial charge in [0.1, 0.15) is 5.82 Å². The molecule has 0 amide bonds. The molecule has 0 radical (unpaired) electrons. The minimum atomic E-state index is 0.571. The number of rotatable bonds is 5. The van der Waals surface area contributed by atoms with Gasteiger partial charge < -0.3 is 5.73 Å². The molecule has 0 atom stereocenters. The lowest BCUT2D eigenvalue weighted by Gasteiger charge is -2.14. The molecule has 86 valence electrons. The Morgan fingerprint density at radius 2 is 2.44 bits per heavy atom. The van der Waals surface area contributed by atoms with Crippen molar-refractivity contribution in [2.24, 2.45) is 0 Å². The monoisotopic (exact) mass is 237 g/mol. The molecule has 2 aromatic rings. The highest BCUT2D eigenvalue weighted by Crippen LogP contribution is 2.04. The van der Waals surface area contributed by atoms with E-state index in [1.165, 1.54) is 0 Å². The molecule has 2 rings (SSSR count). The van der Waals surface area contributed by atoms with E-state index in [0.717, 1.165) is 25.3 Å². The molecule has 0 aliphatic rings. The Balaban J connectivity index is 1.77. The number of nitrogens with zero attached hydrogens (tertiary/aromatic N) is 4. The van der Waals surface area contributed by atoms with Crippen molar-refractivity contribution < 1.29 is 0 Å². The first kappa shape index (κ1) is 11.1. The first-order valence-electron chi connectivity index (χ1n) is 5.08. The molecule has 6 heteroatoms. The maximum absolute atomic E-state index is 5.54. The molecule has 5 nitrogen and oxygen atoms in total. The van der Waals surface area contributed by atoms with Gasteiger partial charge in [0, 0.05) is 24.7 Å². The van der Waals surface area contributed by atoms with Crippen molar-refractivity contribution in [3.05, 3.63) is 28.8 Å². The average Bonchev–Trinajstić information content (AvgIpc) is 2.87. The Labute approximate surface area is 98.5 Å². The van der Waals surface area contributed by atoms with Crippen LogP contribution in [0.5, 0.6) is 0 Å². The van der Waals surface area contributed by atoms with Crippen LogP contribution in [0.25, 0.3) is 0 Å². The summed E-state index contributed by atoms with van der Waals surface area (Å²) in [5, 5.41) is 6.21. The lowest BCUT2D eigenvalue weighted by molar-refractivity contribution is 0.302. The third kappa shape index (κ3) is 3.04. The predicted octanol–water partition coefficient (Wildman–Crippen LogP) is 1.05. The van der Waals surface area contributed by atoms with Gasteiger partial charge >= 0.3 is 0 Å². The number of anilines is 1. The molecule has 0 fully saturated rings. The van der Waals surface area contributed by atoms with Crippen LogP contribution in [0.1, 0.15) is 5.69 Å². The highest BCUT2D eigenvalue weighted by Gasteiger charge is 2.02. The number of nitrogens with two attached hydrogens (primary N) is 1. The fourth-order valence-corrected chi connectivity index (χ4v) is 2.00. The van der Waals surface area contributed by atoms with Crippen molar-refractivity contribution in [1.82, 2.24) is 19.7 Å². The summed E-state index contributed by atoms with van der Waals surface area (Å²) in [7, 11) is 2.08. The van der Waals surface area contributed by atoms with Crippen LogP contribution >= 0.6 is 11.3 Å². The van der Waals surface area contributed by atoms with Crippen LogP contribution in [0.4, 0.5) is 5.82 Å². The summed E-state index contributed by atoms with van der Waals surface area (Å²) in [6.45, 7) is 2.65. The van der Waals surface area contributed by atoms with E-state index >= 15 is 0 Å². The van der Waals surface area contributed by atoms with E-state index in [1.807, 2.05) is 16.4 Å². The van der Waals surface area contributed by atoms with Crippen LogP contribution in [0.15, 0.2) is 23.2 Å². The van der Waals surface area contributed by atoms with Gasteiger partial charge in [0.15, 0.2) is 0 Å². The van der Waals surface area contributed by atoms with Crippen LogP contribution in [0, 0.1) is 0 Å². The first-order chi connectivity index (χ1) is 7.74. The Kier molecular flexibility index (Phi) is 3.53. The minimum Gasteiger partial charge on any atom is -0.382 e. The maximum Gasteiger partial charge on any atom is 0.145 e. The number of likely N-dealkylation sites (N-methyl/N-ethyl adjacent to an activating group) is 1. The van der Waals surface area contributed by atoms with Crippen molar-refractivity contribution in [3.8, 4) is 0 Å². The number of hydrogen-bond acceptors (Lipinski definition) is 5. The number of thiazole rings is 1. The standard InChI is InChI=1S/C10H15N5S/c1-14(6-9-7-16-8-12-9)4-5-15-3-2-10(11)13-15/h2-3,7-8H,4-6H2,1H3,(H2,11,13). The van der Waals surface area contributed by atoms with Gasteiger partial charge in [0.25, 0.3) is 0 Å². The molecule has 2 heterocycles. The summed E-state index contributed by atoms with van der Waals surface area (Å²) in [4.78, 5) is 6.46. The quantitative estimate of drug-likeness (QED) is 0.844. The molecule has 2 N–H and O–H groups in total. The van der Waals surface area contributed by atoms with Crippen LogP contribution in [-0.4, -0.2) is 33.3 Å². The molecule has 0 saturated heterocycles. The highest BCUT2D eigenvalue weighted by atomic mass is 32.1. The van der Waals surface area contributed by atoms with Crippen LogP contribution in [0.2, 0.25) is 0 Å². The van der Waals surface area contributed by atoms with Gasteiger partial charge in [-0.3, -0.25) is 9.58 Å². The van der Waals surface area contributed by atoms with Gasteiger partial charge in [-0.1, -0.05) is 0 Å². The maximum atomic E-state index is 5.54.